The second kappa shape index (κ2) is 8.98. The van der Waals surface area contributed by atoms with Gasteiger partial charge in [0.05, 0.1) is 24.1 Å². The minimum atomic E-state index is 0.0525. The molecule has 1 aromatic heterocycles. The van der Waals surface area contributed by atoms with E-state index in [9.17, 15) is 4.79 Å². The number of hydrogen-bond donors (Lipinski definition) is 2. The van der Waals surface area contributed by atoms with E-state index in [-0.39, 0.29) is 5.56 Å². The molecule has 0 unspecified atom stereocenters. The molecule has 1 aromatic carbocycles. The van der Waals surface area contributed by atoms with Crippen molar-refractivity contribution in [3.8, 4) is 0 Å². The molecular formula is C20H27N5O2S. The lowest BCUT2D eigenvalue weighted by Gasteiger charge is -2.26. The van der Waals surface area contributed by atoms with Crippen molar-refractivity contribution in [2.24, 2.45) is 0 Å². The Labute approximate surface area is 170 Å². The zero-order valence-corrected chi connectivity index (χ0v) is 16.9. The van der Waals surface area contributed by atoms with Crippen LogP contribution < -0.4 is 16.2 Å². The van der Waals surface area contributed by atoms with E-state index in [1.807, 2.05) is 22.8 Å². The van der Waals surface area contributed by atoms with Crippen LogP contribution in [-0.2, 0) is 17.7 Å². The predicted molar refractivity (Wildman–Crippen MR) is 115 cm³/mol. The van der Waals surface area contributed by atoms with Crippen molar-refractivity contribution in [3.63, 3.8) is 0 Å². The topological polar surface area (TPSA) is 71.4 Å². The highest BCUT2D eigenvalue weighted by Crippen LogP contribution is 2.18. The molecule has 7 nitrogen and oxygen atoms in total. The van der Waals surface area contributed by atoms with E-state index in [4.69, 9.17) is 21.9 Å². The third-order valence-electron chi connectivity index (χ3n) is 5.39. The molecule has 8 heteroatoms. The Kier molecular flexibility index (Phi) is 6.19. The molecule has 0 radical (unpaired) electrons. The zero-order chi connectivity index (χ0) is 19.3. The number of nitrogens with one attached hydrogen (secondary N) is 2. The van der Waals surface area contributed by atoms with E-state index in [1.54, 1.807) is 0 Å². The first-order valence-corrected chi connectivity index (χ1v) is 10.5. The van der Waals surface area contributed by atoms with E-state index in [0.29, 0.717) is 10.5 Å². The molecule has 1 saturated heterocycles. The fourth-order valence-corrected chi connectivity index (χ4v) is 4.04. The van der Waals surface area contributed by atoms with Crippen molar-refractivity contribution in [1.29, 1.82) is 0 Å². The summed E-state index contributed by atoms with van der Waals surface area (Å²) in [5.74, 6) is 0.913. The van der Waals surface area contributed by atoms with Crippen LogP contribution in [0, 0.1) is 0 Å². The number of morpholine rings is 1. The number of hydrogen-bond acceptors (Lipinski definition) is 5. The van der Waals surface area contributed by atoms with E-state index >= 15 is 0 Å². The Hall–Kier alpha value is -2.03. The van der Waals surface area contributed by atoms with Crippen LogP contribution in [0.5, 0.6) is 0 Å². The summed E-state index contributed by atoms with van der Waals surface area (Å²) in [5, 5.41) is 7.64. The zero-order valence-electron chi connectivity index (χ0n) is 16.1. The lowest BCUT2D eigenvalue weighted by molar-refractivity contribution is 0.0389. The normalized spacial score (nSPS) is 17.7. The van der Waals surface area contributed by atoms with Crippen LogP contribution in [0.3, 0.4) is 0 Å². The fourth-order valence-electron chi connectivity index (χ4n) is 3.82. The molecule has 1 fully saturated rings. The second-order valence-electron chi connectivity index (χ2n) is 7.36. The number of aromatic nitrogens is 2. The van der Waals surface area contributed by atoms with Crippen molar-refractivity contribution in [2.45, 2.75) is 32.2 Å². The molecule has 0 atom stereocenters. The van der Waals surface area contributed by atoms with Crippen molar-refractivity contribution in [3.05, 3.63) is 34.4 Å². The number of ether oxygens (including phenoxy) is 1. The maximum atomic E-state index is 12.9. The number of fused-ring (bicyclic) bond motifs is 2. The van der Waals surface area contributed by atoms with Crippen molar-refractivity contribution in [1.82, 2.24) is 19.8 Å². The summed E-state index contributed by atoms with van der Waals surface area (Å²) in [6.07, 6.45) is 4.16. The largest absolute Gasteiger partial charge is 0.379 e. The van der Waals surface area contributed by atoms with Crippen molar-refractivity contribution in [2.75, 3.05) is 44.7 Å². The number of rotatable bonds is 4. The standard InChI is InChI=1S/C20H27N5O2S/c26-19-16-14-15(22-20(28)21-7-9-24-10-12-27-13-11-24)5-6-17(16)23-18-4-2-1-3-8-25(18)19/h5-6,14H,1-4,7-13H2,(H2,21,22,28). The van der Waals surface area contributed by atoms with Gasteiger partial charge < -0.3 is 15.4 Å². The Bertz CT molecular complexity index is 907. The quantitative estimate of drug-likeness (QED) is 0.756. The lowest BCUT2D eigenvalue weighted by Crippen LogP contribution is -2.42. The Morgan fingerprint density at radius 2 is 2.04 bits per heavy atom. The van der Waals surface area contributed by atoms with E-state index in [1.165, 1.54) is 0 Å². The van der Waals surface area contributed by atoms with Gasteiger partial charge in [-0.15, -0.1) is 0 Å². The van der Waals surface area contributed by atoms with Gasteiger partial charge in [0.25, 0.3) is 5.56 Å². The average molecular weight is 402 g/mol. The summed E-state index contributed by atoms with van der Waals surface area (Å²) in [6.45, 7) is 6.00. The van der Waals surface area contributed by atoms with Crippen LogP contribution in [0.4, 0.5) is 5.69 Å². The molecule has 2 aromatic rings. The summed E-state index contributed by atoms with van der Waals surface area (Å²) in [5.41, 5.74) is 1.62. The minimum Gasteiger partial charge on any atom is -0.379 e. The molecule has 0 amide bonds. The van der Waals surface area contributed by atoms with Gasteiger partial charge in [-0.2, -0.15) is 0 Å². The van der Waals surface area contributed by atoms with E-state index in [2.05, 4.69) is 15.5 Å². The monoisotopic (exact) mass is 401 g/mol. The molecule has 3 heterocycles. The maximum absolute atomic E-state index is 12.9. The first kappa shape index (κ1) is 19.3. The van der Waals surface area contributed by atoms with Crippen LogP contribution in [0.1, 0.15) is 25.1 Å². The summed E-state index contributed by atoms with van der Waals surface area (Å²) in [7, 11) is 0. The Balaban J connectivity index is 1.41. The van der Waals surface area contributed by atoms with Crippen molar-refractivity contribution < 1.29 is 4.74 Å². The summed E-state index contributed by atoms with van der Waals surface area (Å²) < 4.78 is 7.21. The summed E-state index contributed by atoms with van der Waals surface area (Å²) >= 11 is 5.41. The molecule has 2 aliphatic rings. The highest BCUT2D eigenvalue weighted by molar-refractivity contribution is 7.80. The van der Waals surface area contributed by atoms with Gasteiger partial charge in [-0.25, -0.2) is 4.98 Å². The molecule has 2 aliphatic heterocycles. The van der Waals surface area contributed by atoms with E-state index in [0.717, 1.165) is 88.6 Å². The molecular weight excluding hydrogens is 374 g/mol. The van der Waals surface area contributed by atoms with Gasteiger partial charge in [-0.3, -0.25) is 14.3 Å². The number of nitrogens with zero attached hydrogens (tertiary/aromatic N) is 3. The molecule has 150 valence electrons. The summed E-state index contributed by atoms with van der Waals surface area (Å²) in [4.78, 5) is 20.0. The maximum Gasteiger partial charge on any atom is 0.261 e. The highest BCUT2D eigenvalue weighted by atomic mass is 32.1. The lowest BCUT2D eigenvalue weighted by atomic mass is 10.2. The molecule has 0 saturated carbocycles. The third kappa shape index (κ3) is 4.51. The Morgan fingerprint density at radius 3 is 2.89 bits per heavy atom. The van der Waals surface area contributed by atoms with Crippen LogP contribution >= 0.6 is 12.2 Å². The number of thiocarbonyl (C=S) groups is 1. The average Bonchev–Trinajstić information content (AvgIpc) is 2.95. The molecule has 0 bridgehead atoms. The van der Waals surface area contributed by atoms with Gasteiger partial charge in [-0.1, -0.05) is 6.42 Å². The van der Waals surface area contributed by atoms with Gasteiger partial charge in [0.15, 0.2) is 5.11 Å². The van der Waals surface area contributed by atoms with E-state index < -0.39 is 0 Å². The third-order valence-corrected chi connectivity index (χ3v) is 5.64. The van der Waals surface area contributed by atoms with Gasteiger partial charge >= 0.3 is 0 Å². The first-order chi connectivity index (χ1) is 13.7. The molecule has 0 spiro atoms. The van der Waals surface area contributed by atoms with Crippen molar-refractivity contribution >= 4 is 33.9 Å². The fraction of sp³-hybridized carbons (Fsp3) is 0.550. The number of aryl methyl sites for hydroxylation is 1. The second-order valence-corrected chi connectivity index (χ2v) is 7.77. The minimum absolute atomic E-state index is 0.0525. The molecule has 2 N–H and O–H groups in total. The van der Waals surface area contributed by atoms with Crippen LogP contribution in [-0.4, -0.2) is 59.0 Å². The Morgan fingerprint density at radius 1 is 1.18 bits per heavy atom. The van der Waals surface area contributed by atoms with Crippen LogP contribution in [0.2, 0.25) is 0 Å². The first-order valence-electron chi connectivity index (χ1n) is 10.1. The van der Waals surface area contributed by atoms with Gasteiger partial charge in [0, 0.05) is 44.8 Å². The SMILES string of the molecule is O=c1c2cc(NC(=S)NCCN3CCOCC3)ccc2nc2n1CCCCC2. The van der Waals surface area contributed by atoms with Gasteiger partial charge in [-0.05, 0) is 43.3 Å². The van der Waals surface area contributed by atoms with Gasteiger partial charge in [0.1, 0.15) is 5.82 Å². The number of anilines is 1. The number of benzene rings is 1. The smallest absolute Gasteiger partial charge is 0.261 e. The molecule has 4 rings (SSSR count). The van der Waals surface area contributed by atoms with Crippen LogP contribution in [0.15, 0.2) is 23.0 Å². The summed E-state index contributed by atoms with van der Waals surface area (Å²) in [6, 6.07) is 5.69. The highest BCUT2D eigenvalue weighted by Gasteiger charge is 2.14. The molecule has 28 heavy (non-hydrogen) atoms. The van der Waals surface area contributed by atoms with Crippen LogP contribution in [0.25, 0.3) is 10.9 Å². The molecule has 0 aliphatic carbocycles. The van der Waals surface area contributed by atoms with Gasteiger partial charge in [0.2, 0.25) is 0 Å². The predicted octanol–water partition coefficient (Wildman–Crippen LogP) is 1.74.